The highest BCUT2D eigenvalue weighted by Gasteiger charge is 2.71. The number of rotatable bonds is 4. The minimum absolute atomic E-state index is 0.0742. The third-order valence-corrected chi connectivity index (χ3v) is 15.6. The maximum Gasteiger partial charge on any atom is 0.331 e. The molecule has 50 heavy (non-hydrogen) atoms. The van der Waals surface area contributed by atoms with Crippen LogP contribution in [0, 0.1) is 28.6 Å². The molecule has 12 unspecified atom stereocenters. The molecule has 5 aliphatic carbocycles. The van der Waals surface area contributed by atoms with Gasteiger partial charge in [-0.1, -0.05) is 51.9 Å². The molecule has 0 radical (unpaired) electrons. The Labute approximate surface area is 298 Å². The van der Waals surface area contributed by atoms with Crippen molar-refractivity contribution in [3.63, 3.8) is 0 Å². The quantitative estimate of drug-likeness (QED) is 0.185. The molecule has 5 saturated carbocycles. The van der Waals surface area contributed by atoms with Gasteiger partial charge in [-0.3, -0.25) is 0 Å². The lowest BCUT2D eigenvalue weighted by molar-refractivity contribution is -0.278. The predicted molar refractivity (Wildman–Crippen MR) is 185 cm³/mol. The molecule has 3 aliphatic heterocycles. The Bertz CT molecular complexity index is 1300. The Kier molecular flexibility index (Phi) is 9.62. The average Bonchev–Trinajstić information content (AvgIpc) is 3.75. The summed E-state index contributed by atoms with van der Waals surface area (Å²) in [6, 6.07) is 0. The van der Waals surface area contributed by atoms with Crippen LogP contribution in [0.25, 0.3) is 0 Å². The smallest absolute Gasteiger partial charge is 0.331 e. The van der Waals surface area contributed by atoms with E-state index in [-0.39, 0.29) is 48.1 Å². The second-order valence-corrected chi connectivity index (χ2v) is 18.1. The Balaban J connectivity index is 0.930. The van der Waals surface area contributed by atoms with Gasteiger partial charge in [0.25, 0.3) is 0 Å². The predicted octanol–water partition coefficient (Wildman–Crippen LogP) is 6.84. The summed E-state index contributed by atoms with van der Waals surface area (Å²) in [6.07, 6.45) is 21.2. The van der Waals surface area contributed by atoms with E-state index in [9.17, 15) is 19.8 Å². The SMILES string of the molecule is CC1OC(OC2CCC3(C=O)C4CCC5(C)C(C6=CC(=O)OC6)CCC5(O)C4CCC3(O)C2)CC2OC3(CCCCCCCCCCC3)OC12. The molecule has 0 aromatic rings. The topological polar surface area (TPSA) is 121 Å². The van der Waals surface area contributed by atoms with E-state index in [1.165, 1.54) is 44.9 Å². The van der Waals surface area contributed by atoms with Crippen LogP contribution in [-0.2, 0) is 33.3 Å². The summed E-state index contributed by atoms with van der Waals surface area (Å²) in [4.78, 5) is 25.2. The van der Waals surface area contributed by atoms with Crippen molar-refractivity contribution < 1.29 is 43.5 Å². The second kappa shape index (κ2) is 13.5. The first kappa shape index (κ1) is 35.7. The van der Waals surface area contributed by atoms with E-state index >= 15 is 0 Å². The van der Waals surface area contributed by atoms with Gasteiger partial charge < -0.3 is 38.7 Å². The molecule has 2 saturated heterocycles. The lowest BCUT2D eigenvalue weighted by Gasteiger charge is -2.65. The molecule has 3 heterocycles. The number of ether oxygens (including phenoxy) is 5. The summed E-state index contributed by atoms with van der Waals surface area (Å²) < 4.78 is 32.1. The Hall–Kier alpha value is -1.36. The van der Waals surface area contributed by atoms with E-state index in [4.69, 9.17) is 23.7 Å². The molecule has 0 amide bonds. The highest BCUT2D eigenvalue weighted by atomic mass is 16.8. The van der Waals surface area contributed by atoms with Crippen molar-refractivity contribution in [1.82, 2.24) is 0 Å². The van der Waals surface area contributed by atoms with Gasteiger partial charge in [0.1, 0.15) is 19.0 Å². The largest absolute Gasteiger partial charge is 0.458 e. The summed E-state index contributed by atoms with van der Waals surface area (Å²) >= 11 is 0. The Morgan fingerprint density at radius 3 is 2.22 bits per heavy atom. The minimum atomic E-state index is -1.19. The molecule has 1 spiro atoms. The van der Waals surface area contributed by atoms with E-state index in [1.807, 2.05) is 0 Å². The summed E-state index contributed by atoms with van der Waals surface area (Å²) in [6.45, 7) is 4.57. The molecule has 12 atom stereocenters. The number of carbonyl (C=O) groups excluding carboxylic acids is 2. The number of fused-ring (bicyclic) bond motifs is 6. The van der Waals surface area contributed by atoms with Crippen molar-refractivity contribution in [2.75, 3.05) is 6.61 Å². The maximum atomic E-state index is 13.3. The van der Waals surface area contributed by atoms with Crippen molar-refractivity contribution in [3.05, 3.63) is 11.6 Å². The van der Waals surface area contributed by atoms with Crippen LogP contribution >= 0.6 is 0 Å². The van der Waals surface area contributed by atoms with Gasteiger partial charge in [0.2, 0.25) is 0 Å². The first-order valence-electron chi connectivity index (χ1n) is 20.5. The number of cyclic esters (lactones) is 1. The molecule has 280 valence electrons. The van der Waals surface area contributed by atoms with Gasteiger partial charge in [-0.05, 0) is 94.5 Å². The molecule has 7 fully saturated rings. The van der Waals surface area contributed by atoms with Crippen molar-refractivity contribution >= 4 is 12.3 Å². The third kappa shape index (κ3) is 5.78. The zero-order valence-electron chi connectivity index (χ0n) is 30.6. The van der Waals surface area contributed by atoms with Crippen molar-refractivity contribution in [3.8, 4) is 0 Å². The van der Waals surface area contributed by atoms with Gasteiger partial charge in [-0.25, -0.2) is 4.79 Å². The van der Waals surface area contributed by atoms with Gasteiger partial charge >= 0.3 is 5.97 Å². The summed E-state index contributed by atoms with van der Waals surface area (Å²) in [5, 5.41) is 25.1. The van der Waals surface area contributed by atoms with Gasteiger partial charge in [0, 0.05) is 37.2 Å². The summed E-state index contributed by atoms with van der Waals surface area (Å²) in [5.41, 5.74) is -2.45. The van der Waals surface area contributed by atoms with E-state index in [0.29, 0.717) is 51.6 Å². The Morgan fingerprint density at radius 1 is 0.840 bits per heavy atom. The summed E-state index contributed by atoms with van der Waals surface area (Å²) in [5.74, 6) is -0.891. The molecule has 8 rings (SSSR count). The van der Waals surface area contributed by atoms with E-state index < -0.39 is 34.1 Å². The van der Waals surface area contributed by atoms with Crippen LogP contribution in [0.4, 0.5) is 0 Å². The van der Waals surface area contributed by atoms with Gasteiger partial charge in [-0.2, -0.15) is 0 Å². The fraction of sp³-hybridized carbons (Fsp3) is 0.902. The number of aldehydes is 1. The van der Waals surface area contributed by atoms with Gasteiger partial charge in [0.05, 0.1) is 34.9 Å². The molecule has 0 aromatic heterocycles. The minimum Gasteiger partial charge on any atom is -0.458 e. The van der Waals surface area contributed by atoms with Crippen LogP contribution in [0.15, 0.2) is 11.6 Å². The first-order chi connectivity index (χ1) is 24.0. The van der Waals surface area contributed by atoms with Crippen LogP contribution in [0.1, 0.15) is 149 Å². The zero-order chi connectivity index (χ0) is 34.8. The third-order valence-electron chi connectivity index (χ3n) is 15.6. The van der Waals surface area contributed by atoms with Crippen molar-refractivity contribution in [2.24, 2.45) is 28.6 Å². The molecule has 8 aliphatic rings. The van der Waals surface area contributed by atoms with E-state index in [1.54, 1.807) is 6.08 Å². The molecule has 0 bridgehead atoms. The first-order valence-corrected chi connectivity index (χ1v) is 20.5. The fourth-order valence-electron chi connectivity index (χ4n) is 13.0. The number of hydrogen-bond donors (Lipinski definition) is 2. The van der Waals surface area contributed by atoms with Gasteiger partial charge in [0.15, 0.2) is 12.1 Å². The van der Waals surface area contributed by atoms with E-state index in [0.717, 1.165) is 56.8 Å². The Morgan fingerprint density at radius 2 is 1.54 bits per heavy atom. The fourth-order valence-corrected chi connectivity index (χ4v) is 13.0. The van der Waals surface area contributed by atoms with Crippen LogP contribution in [0.3, 0.4) is 0 Å². The number of aliphatic hydroxyl groups is 2. The maximum absolute atomic E-state index is 13.3. The number of carbonyl (C=O) groups is 2. The summed E-state index contributed by atoms with van der Waals surface area (Å²) in [7, 11) is 0. The normalized spacial score (nSPS) is 49.4. The van der Waals surface area contributed by atoms with Gasteiger partial charge in [-0.15, -0.1) is 0 Å². The highest BCUT2D eigenvalue weighted by Crippen LogP contribution is 2.70. The molecule has 2 N–H and O–H groups in total. The standard InChI is InChI=1S/C41H62O9/c1-27-36-33(49-40(50-36)16-10-8-6-4-3-5-7-9-11-17-40)23-35(47-27)48-29-12-19-38(26-42)31-13-18-37(2)30(28-22-34(43)46-25-28)15-21-41(37,45)32(31)14-20-39(38,44)24-29/h22,26-27,29-33,35-36,44-45H,3-21,23-25H2,1-2H3. The lowest BCUT2D eigenvalue weighted by Crippen LogP contribution is -2.69. The van der Waals surface area contributed by atoms with Crippen LogP contribution in [-0.4, -0.2) is 76.8 Å². The van der Waals surface area contributed by atoms with Crippen LogP contribution < -0.4 is 0 Å². The average molecular weight is 699 g/mol. The molecular weight excluding hydrogens is 636 g/mol. The lowest BCUT2D eigenvalue weighted by atomic mass is 9.41. The molecular formula is C41H62O9. The van der Waals surface area contributed by atoms with Crippen molar-refractivity contribution in [1.29, 1.82) is 0 Å². The van der Waals surface area contributed by atoms with Crippen LogP contribution in [0.5, 0.6) is 0 Å². The van der Waals surface area contributed by atoms with Crippen molar-refractivity contribution in [2.45, 2.75) is 196 Å². The van der Waals surface area contributed by atoms with E-state index in [2.05, 4.69) is 13.8 Å². The van der Waals surface area contributed by atoms with Crippen LogP contribution in [0.2, 0.25) is 0 Å². The highest BCUT2D eigenvalue weighted by molar-refractivity contribution is 5.85. The number of esters is 1. The second-order valence-electron chi connectivity index (χ2n) is 18.1. The molecule has 0 aromatic carbocycles. The monoisotopic (exact) mass is 698 g/mol. The molecule has 9 heteroatoms. The number of hydrogen-bond acceptors (Lipinski definition) is 9. The molecule has 9 nitrogen and oxygen atoms in total. The zero-order valence-corrected chi connectivity index (χ0v) is 30.6.